The second-order valence-corrected chi connectivity index (χ2v) is 7.46. The standard InChI is InChI=1S/C17H14N2O3S2/c20-16(14-7-3-1-4-8-14)13-19-11-12-23-17(19)18-24(21,22)15-9-5-2-6-10-15/h1-12H,13H2. The second-order valence-electron chi connectivity index (χ2n) is 4.98. The monoisotopic (exact) mass is 358 g/mol. The summed E-state index contributed by atoms with van der Waals surface area (Å²) < 4.78 is 30.1. The van der Waals surface area contributed by atoms with Crippen LogP contribution in [0.15, 0.2) is 81.5 Å². The van der Waals surface area contributed by atoms with Crippen LogP contribution in [0.25, 0.3) is 0 Å². The fourth-order valence-corrected chi connectivity index (χ4v) is 4.08. The number of nitrogens with zero attached hydrogens (tertiary/aromatic N) is 2. The predicted octanol–water partition coefficient (Wildman–Crippen LogP) is 2.72. The number of hydrogen-bond donors (Lipinski definition) is 0. The van der Waals surface area contributed by atoms with E-state index in [1.165, 1.54) is 23.5 Å². The molecule has 0 amide bonds. The summed E-state index contributed by atoms with van der Waals surface area (Å²) in [5, 5.41) is 1.71. The zero-order valence-electron chi connectivity index (χ0n) is 12.6. The van der Waals surface area contributed by atoms with Gasteiger partial charge in [-0.25, -0.2) is 0 Å². The lowest BCUT2D eigenvalue weighted by molar-refractivity contribution is 0.0971. The molecule has 24 heavy (non-hydrogen) atoms. The first-order chi connectivity index (χ1) is 11.6. The number of carbonyl (C=O) groups excluding carboxylic acids is 1. The van der Waals surface area contributed by atoms with Crippen molar-refractivity contribution in [1.29, 1.82) is 0 Å². The number of Topliss-reactive ketones (excluding diaryl/α,β-unsaturated/α-hetero) is 1. The summed E-state index contributed by atoms with van der Waals surface area (Å²) in [4.78, 5) is 12.7. The van der Waals surface area contributed by atoms with Crippen molar-refractivity contribution in [3.05, 3.63) is 82.6 Å². The van der Waals surface area contributed by atoms with E-state index >= 15 is 0 Å². The molecular formula is C17H14N2O3S2. The Morgan fingerprint density at radius 2 is 1.62 bits per heavy atom. The van der Waals surface area contributed by atoms with Crippen LogP contribution in [0, 0.1) is 0 Å². The van der Waals surface area contributed by atoms with Crippen molar-refractivity contribution < 1.29 is 13.2 Å². The molecule has 1 aromatic heterocycles. The molecule has 122 valence electrons. The van der Waals surface area contributed by atoms with Crippen LogP contribution in [-0.2, 0) is 16.6 Å². The Morgan fingerprint density at radius 3 is 2.29 bits per heavy atom. The maximum atomic E-state index is 12.3. The molecule has 0 radical (unpaired) electrons. The molecule has 1 heterocycles. The number of benzene rings is 2. The summed E-state index contributed by atoms with van der Waals surface area (Å²) in [7, 11) is -3.80. The van der Waals surface area contributed by atoms with Crippen LogP contribution in [0.3, 0.4) is 0 Å². The van der Waals surface area contributed by atoms with Gasteiger partial charge >= 0.3 is 0 Å². The maximum Gasteiger partial charge on any atom is 0.285 e. The molecule has 0 fully saturated rings. The first-order valence-electron chi connectivity index (χ1n) is 7.14. The third-order valence-electron chi connectivity index (χ3n) is 3.31. The van der Waals surface area contributed by atoms with Crippen molar-refractivity contribution in [2.75, 3.05) is 0 Å². The van der Waals surface area contributed by atoms with E-state index in [1.54, 1.807) is 58.6 Å². The van der Waals surface area contributed by atoms with Crippen LogP contribution in [0.1, 0.15) is 10.4 Å². The Labute approximate surface area is 143 Å². The quantitative estimate of drug-likeness (QED) is 0.659. The zero-order chi connectivity index (χ0) is 17.0. The van der Waals surface area contributed by atoms with Gasteiger partial charge in [0.05, 0.1) is 11.4 Å². The fourth-order valence-electron chi connectivity index (χ4n) is 2.11. The predicted molar refractivity (Wildman–Crippen MR) is 92.3 cm³/mol. The van der Waals surface area contributed by atoms with E-state index in [4.69, 9.17) is 0 Å². The van der Waals surface area contributed by atoms with Crippen LogP contribution in [0.5, 0.6) is 0 Å². The Kier molecular flexibility index (Phi) is 4.73. The molecule has 5 nitrogen and oxygen atoms in total. The van der Waals surface area contributed by atoms with Gasteiger partial charge in [0.1, 0.15) is 0 Å². The van der Waals surface area contributed by atoms with E-state index in [0.717, 1.165) is 0 Å². The maximum absolute atomic E-state index is 12.3. The number of carbonyl (C=O) groups is 1. The Morgan fingerprint density at radius 1 is 1.00 bits per heavy atom. The third kappa shape index (κ3) is 3.69. The highest BCUT2D eigenvalue weighted by molar-refractivity contribution is 7.90. The van der Waals surface area contributed by atoms with Crippen LogP contribution in [0.2, 0.25) is 0 Å². The lowest BCUT2D eigenvalue weighted by Gasteiger charge is -2.03. The van der Waals surface area contributed by atoms with Gasteiger partial charge in [-0.05, 0) is 12.1 Å². The van der Waals surface area contributed by atoms with E-state index in [1.807, 2.05) is 6.07 Å². The topological polar surface area (TPSA) is 68.5 Å². The highest BCUT2D eigenvalue weighted by Gasteiger charge is 2.13. The minimum atomic E-state index is -3.80. The smallest absolute Gasteiger partial charge is 0.285 e. The van der Waals surface area contributed by atoms with E-state index in [9.17, 15) is 13.2 Å². The molecule has 0 saturated heterocycles. The van der Waals surface area contributed by atoms with Gasteiger partial charge in [0, 0.05) is 17.1 Å². The first-order valence-corrected chi connectivity index (χ1v) is 9.46. The summed E-state index contributed by atoms with van der Waals surface area (Å²) in [6.07, 6.45) is 1.66. The molecule has 3 aromatic rings. The number of rotatable bonds is 5. The van der Waals surface area contributed by atoms with Gasteiger partial charge in [-0.3, -0.25) is 4.79 Å². The highest BCUT2D eigenvalue weighted by Crippen LogP contribution is 2.11. The van der Waals surface area contributed by atoms with Crippen molar-refractivity contribution in [3.63, 3.8) is 0 Å². The molecule has 3 rings (SSSR count). The normalized spacial score (nSPS) is 12.2. The average Bonchev–Trinajstić information content (AvgIpc) is 3.02. The van der Waals surface area contributed by atoms with Crippen LogP contribution in [0.4, 0.5) is 0 Å². The number of hydrogen-bond acceptors (Lipinski definition) is 4. The molecule has 0 N–H and O–H groups in total. The number of aromatic nitrogens is 1. The van der Waals surface area contributed by atoms with Crippen molar-refractivity contribution in [2.24, 2.45) is 4.40 Å². The Balaban J connectivity index is 1.92. The summed E-state index contributed by atoms with van der Waals surface area (Å²) >= 11 is 1.17. The molecular weight excluding hydrogens is 344 g/mol. The lowest BCUT2D eigenvalue weighted by atomic mass is 10.1. The molecule has 7 heteroatoms. The van der Waals surface area contributed by atoms with Crippen molar-refractivity contribution in [1.82, 2.24) is 4.57 Å². The Hall–Kier alpha value is -2.51. The molecule has 0 spiro atoms. The molecule has 0 unspecified atom stereocenters. The minimum Gasteiger partial charge on any atom is -0.315 e. The van der Waals surface area contributed by atoms with Crippen LogP contribution < -0.4 is 4.80 Å². The van der Waals surface area contributed by atoms with E-state index < -0.39 is 10.0 Å². The molecule has 0 bridgehead atoms. The Bertz CT molecular complexity index is 1000. The minimum absolute atomic E-state index is 0.0383. The van der Waals surface area contributed by atoms with E-state index in [2.05, 4.69) is 4.40 Å². The molecule has 0 aliphatic carbocycles. The SMILES string of the molecule is O=C(Cn1ccsc1=NS(=O)(=O)c1ccccc1)c1ccccc1. The average molecular weight is 358 g/mol. The third-order valence-corrected chi connectivity index (χ3v) is 5.50. The van der Waals surface area contributed by atoms with Gasteiger partial charge in [0.15, 0.2) is 5.78 Å². The zero-order valence-corrected chi connectivity index (χ0v) is 14.2. The number of ketones is 1. The van der Waals surface area contributed by atoms with Gasteiger partial charge in [-0.1, -0.05) is 48.5 Å². The number of sulfonamides is 1. The summed E-state index contributed by atoms with van der Waals surface area (Å²) in [5.41, 5.74) is 0.577. The van der Waals surface area contributed by atoms with Crippen LogP contribution in [-0.4, -0.2) is 18.8 Å². The van der Waals surface area contributed by atoms with E-state index in [0.29, 0.717) is 5.56 Å². The van der Waals surface area contributed by atoms with Crippen molar-refractivity contribution >= 4 is 27.1 Å². The molecule has 2 aromatic carbocycles. The van der Waals surface area contributed by atoms with Gasteiger partial charge < -0.3 is 4.57 Å². The van der Waals surface area contributed by atoms with Gasteiger partial charge in [0.2, 0.25) is 4.80 Å². The first kappa shape index (κ1) is 16.4. The van der Waals surface area contributed by atoms with Crippen LogP contribution >= 0.6 is 11.3 Å². The lowest BCUT2D eigenvalue weighted by Crippen LogP contribution is -2.21. The van der Waals surface area contributed by atoms with Crippen molar-refractivity contribution in [2.45, 2.75) is 11.4 Å². The summed E-state index contributed by atoms with van der Waals surface area (Å²) in [6.45, 7) is 0.0383. The molecule has 0 saturated carbocycles. The fraction of sp³-hybridized carbons (Fsp3) is 0.0588. The second kappa shape index (κ2) is 6.94. The summed E-state index contributed by atoms with van der Waals surface area (Å²) in [6, 6.07) is 16.9. The molecule has 0 atom stereocenters. The van der Waals surface area contributed by atoms with Gasteiger partial charge in [-0.2, -0.15) is 8.42 Å². The molecule has 0 aliphatic heterocycles. The largest absolute Gasteiger partial charge is 0.315 e. The summed E-state index contributed by atoms with van der Waals surface area (Å²) in [5.74, 6) is -0.104. The highest BCUT2D eigenvalue weighted by atomic mass is 32.2. The number of thiazole rings is 1. The molecule has 0 aliphatic rings. The van der Waals surface area contributed by atoms with Gasteiger partial charge in [0.25, 0.3) is 10.0 Å². The van der Waals surface area contributed by atoms with Crippen molar-refractivity contribution in [3.8, 4) is 0 Å². The van der Waals surface area contributed by atoms with Gasteiger partial charge in [-0.15, -0.1) is 15.7 Å². The van der Waals surface area contributed by atoms with E-state index in [-0.39, 0.29) is 22.0 Å².